The molecule has 23 heavy (non-hydrogen) atoms. The highest BCUT2D eigenvalue weighted by atomic mass is 35.5. The summed E-state index contributed by atoms with van der Waals surface area (Å²) >= 11 is 5.83. The molecule has 5 rings (SSSR count). The molecule has 2 N–H and O–H groups in total. The molecular formula is C18H23ClN2O2. The van der Waals surface area contributed by atoms with Gasteiger partial charge in [-0.05, 0) is 80.5 Å². The van der Waals surface area contributed by atoms with Crippen LogP contribution >= 0.6 is 11.6 Å². The Morgan fingerprint density at radius 1 is 1.09 bits per heavy atom. The molecule has 124 valence electrons. The maximum atomic E-state index is 12.2. The zero-order valence-electron chi connectivity index (χ0n) is 13.2. The fourth-order valence-corrected chi connectivity index (χ4v) is 5.39. The van der Waals surface area contributed by atoms with Gasteiger partial charge >= 0.3 is 6.03 Å². The van der Waals surface area contributed by atoms with Crippen molar-refractivity contribution in [3.63, 3.8) is 0 Å². The summed E-state index contributed by atoms with van der Waals surface area (Å²) in [5.74, 6) is 3.18. The number of rotatable bonds is 4. The van der Waals surface area contributed by atoms with Crippen molar-refractivity contribution in [3.05, 3.63) is 29.3 Å². The second-order valence-corrected chi connectivity index (χ2v) is 8.01. The van der Waals surface area contributed by atoms with E-state index >= 15 is 0 Å². The summed E-state index contributed by atoms with van der Waals surface area (Å²) in [7, 11) is 0. The van der Waals surface area contributed by atoms with Gasteiger partial charge in [-0.25, -0.2) is 4.79 Å². The molecule has 0 aromatic heterocycles. The number of benzene rings is 1. The van der Waals surface area contributed by atoms with Gasteiger partial charge in [0.25, 0.3) is 0 Å². The van der Waals surface area contributed by atoms with Crippen molar-refractivity contribution in [2.75, 3.05) is 6.73 Å². The van der Waals surface area contributed by atoms with Crippen LogP contribution < -0.4 is 15.4 Å². The molecule has 5 heteroatoms. The fraction of sp³-hybridized carbons (Fsp3) is 0.611. The van der Waals surface area contributed by atoms with Crippen molar-refractivity contribution < 1.29 is 9.53 Å². The number of carbonyl (C=O) groups is 1. The Morgan fingerprint density at radius 3 is 2.22 bits per heavy atom. The molecule has 4 nitrogen and oxygen atoms in total. The van der Waals surface area contributed by atoms with E-state index in [0.29, 0.717) is 10.8 Å². The smallest absolute Gasteiger partial charge is 0.317 e. The quantitative estimate of drug-likeness (QED) is 0.819. The molecule has 0 saturated heterocycles. The molecule has 0 atom stereocenters. The standard InChI is InChI=1S/C18H23ClN2O2/c19-15-1-3-16(4-2-15)23-11-20-17(22)21-18-8-12-5-13(9-18)7-14(6-12)10-18/h1-4,12-14H,5-11H2,(H2,20,21,22). The lowest BCUT2D eigenvalue weighted by molar-refractivity contribution is -0.0137. The Bertz CT molecular complexity index is 552. The van der Waals surface area contributed by atoms with Gasteiger partial charge in [-0.2, -0.15) is 0 Å². The Hall–Kier alpha value is -1.42. The van der Waals surface area contributed by atoms with E-state index in [4.69, 9.17) is 16.3 Å². The molecule has 4 aliphatic rings. The third-order valence-electron chi connectivity index (χ3n) is 5.70. The molecule has 0 radical (unpaired) electrons. The summed E-state index contributed by atoms with van der Waals surface area (Å²) in [4.78, 5) is 12.2. The lowest BCUT2D eigenvalue weighted by Crippen LogP contribution is -2.61. The molecule has 1 aromatic rings. The van der Waals surface area contributed by atoms with Gasteiger partial charge < -0.3 is 15.4 Å². The largest absolute Gasteiger partial charge is 0.473 e. The van der Waals surface area contributed by atoms with E-state index in [1.54, 1.807) is 24.3 Å². The number of nitrogens with one attached hydrogen (secondary N) is 2. The van der Waals surface area contributed by atoms with Crippen LogP contribution in [0.5, 0.6) is 5.75 Å². The lowest BCUT2D eigenvalue weighted by atomic mass is 9.53. The summed E-state index contributed by atoms with van der Waals surface area (Å²) in [6.07, 6.45) is 7.60. The SMILES string of the molecule is O=C(NCOc1ccc(Cl)cc1)NC12CC3CC(CC(C3)C1)C2. The topological polar surface area (TPSA) is 50.4 Å². The van der Waals surface area contributed by atoms with Gasteiger partial charge in [0.1, 0.15) is 5.75 Å². The van der Waals surface area contributed by atoms with E-state index in [-0.39, 0.29) is 18.3 Å². The van der Waals surface area contributed by atoms with E-state index in [1.165, 1.54) is 19.3 Å². The number of hydrogen-bond acceptors (Lipinski definition) is 2. The van der Waals surface area contributed by atoms with Gasteiger partial charge in [-0.1, -0.05) is 11.6 Å². The van der Waals surface area contributed by atoms with Gasteiger partial charge in [0.2, 0.25) is 0 Å². The first-order valence-electron chi connectivity index (χ1n) is 8.55. The van der Waals surface area contributed by atoms with Crippen LogP contribution in [0.3, 0.4) is 0 Å². The average Bonchev–Trinajstić information content (AvgIpc) is 2.47. The van der Waals surface area contributed by atoms with Gasteiger partial charge in [0.05, 0.1) is 0 Å². The summed E-state index contributed by atoms with van der Waals surface area (Å²) in [6, 6.07) is 7.02. The number of carbonyl (C=O) groups excluding carboxylic acids is 1. The van der Waals surface area contributed by atoms with Crippen LogP contribution in [0.15, 0.2) is 24.3 Å². The van der Waals surface area contributed by atoms with E-state index in [1.807, 2.05) is 0 Å². The van der Waals surface area contributed by atoms with Gasteiger partial charge in [0, 0.05) is 10.6 Å². The third-order valence-corrected chi connectivity index (χ3v) is 5.95. The Labute approximate surface area is 141 Å². The van der Waals surface area contributed by atoms with Crippen molar-refractivity contribution >= 4 is 17.6 Å². The summed E-state index contributed by atoms with van der Waals surface area (Å²) < 4.78 is 5.52. The molecule has 0 aliphatic heterocycles. The molecule has 1 aromatic carbocycles. The van der Waals surface area contributed by atoms with Crippen LogP contribution in [0, 0.1) is 17.8 Å². The number of hydrogen-bond donors (Lipinski definition) is 2. The zero-order chi connectivity index (χ0) is 15.9. The Kier molecular flexibility index (Phi) is 3.88. The van der Waals surface area contributed by atoms with Crippen LogP contribution in [0.1, 0.15) is 38.5 Å². The van der Waals surface area contributed by atoms with Crippen LogP contribution in [-0.4, -0.2) is 18.3 Å². The highest BCUT2D eigenvalue weighted by molar-refractivity contribution is 6.30. The van der Waals surface area contributed by atoms with Crippen molar-refractivity contribution in [2.45, 2.75) is 44.1 Å². The first-order chi connectivity index (χ1) is 11.1. The molecule has 0 heterocycles. The summed E-state index contributed by atoms with van der Waals surface area (Å²) in [5, 5.41) is 6.76. The maximum Gasteiger partial charge on any atom is 0.317 e. The van der Waals surface area contributed by atoms with E-state index in [2.05, 4.69) is 10.6 Å². The van der Waals surface area contributed by atoms with Gasteiger partial charge in [-0.15, -0.1) is 0 Å². The second kappa shape index (κ2) is 5.90. The van der Waals surface area contributed by atoms with Crippen LogP contribution in [-0.2, 0) is 0 Å². The first-order valence-corrected chi connectivity index (χ1v) is 8.92. The number of urea groups is 1. The van der Waals surface area contributed by atoms with Gasteiger partial charge in [0.15, 0.2) is 6.73 Å². The predicted molar refractivity (Wildman–Crippen MR) is 89.5 cm³/mol. The third kappa shape index (κ3) is 3.27. The second-order valence-electron chi connectivity index (χ2n) is 7.57. The highest BCUT2D eigenvalue weighted by Crippen LogP contribution is 2.55. The number of amides is 2. The fourth-order valence-electron chi connectivity index (χ4n) is 5.26. The van der Waals surface area contributed by atoms with Crippen LogP contribution in [0.4, 0.5) is 4.79 Å². The Morgan fingerprint density at radius 2 is 1.65 bits per heavy atom. The minimum Gasteiger partial charge on any atom is -0.473 e. The van der Waals surface area contributed by atoms with Crippen molar-refractivity contribution in [1.82, 2.24) is 10.6 Å². The maximum absolute atomic E-state index is 12.2. The minimum absolute atomic E-state index is 0.0408. The molecule has 4 aliphatic carbocycles. The number of halogens is 1. The summed E-state index contributed by atoms with van der Waals surface area (Å²) in [5.41, 5.74) is 0.0408. The van der Waals surface area contributed by atoms with Gasteiger partial charge in [-0.3, -0.25) is 0 Å². The molecule has 0 spiro atoms. The summed E-state index contributed by atoms with van der Waals surface area (Å²) in [6.45, 7) is 0.166. The molecule has 4 saturated carbocycles. The normalized spacial score (nSPS) is 34.2. The Balaban J connectivity index is 1.28. The molecular weight excluding hydrogens is 312 g/mol. The highest BCUT2D eigenvalue weighted by Gasteiger charge is 2.51. The number of ether oxygens (including phenoxy) is 1. The van der Waals surface area contributed by atoms with Crippen molar-refractivity contribution in [2.24, 2.45) is 17.8 Å². The zero-order valence-corrected chi connectivity index (χ0v) is 13.9. The predicted octanol–water partition coefficient (Wildman–Crippen LogP) is 3.94. The monoisotopic (exact) mass is 334 g/mol. The molecule has 0 unspecified atom stereocenters. The first kappa shape index (κ1) is 15.1. The molecule has 4 fully saturated rings. The van der Waals surface area contributed by atoms with Crippen molar-refractivity contribution in [1.29, 1.82) is 0 Å². The minimum atomic E-state index is -0.110. The van der Waals surface area contributed by atoms with E-state index < -0.39 is 0 Å². The van der Waals surface area contributed by atoms with Crippen molar-refractivity contribution in [3.8, 4) is 5.75 Å². The molecule has 2 amide bonds. The molecule has 4 bridgehead atoms. The lowest BCUT2D eigenvalue weighted by Gasteiger charge is -2.56. The van der Waals surface area contributed by atoms with E-state index in [9.17, 15) is 4.79 Å². The van der Waals surface area contributed by atoms with Crippen LogP contribution in [0.2, 0.25) is 5.02 Å². The average molecular weight is 335 g/mol. The van der Waals surface area contributed by atoms with Crippen LogP contribution in [0.25, 0.3) is 0 Å². The van der Waals surface area contributed by atoms with E-state index in [0.717, 1.165) is 37.0 Å².